The molecule has 0 aromatic heterocycles. The first-order valence-electron chi connectivity index (χ1n) is 6.18. The predicted molar refractivity (Wildman–Crippen MR) is 60.8 cm³/mol. The zero-order valence-corrected chi connectivity index (χ0v) is 9.53. The fourth-order valence-corrected chi connectivity index (χ4v) is 2.23. The Morgan fingerprint density at radius 2 is 2.00 bits per heavy atom. The molecule has 1 atom stereocenters. The molecule has 1 saturated heterocycles. The molecule has 0 amide bonds. The summed E-state index contributed by atoms with van der Waals surface area (Å²) in [5, 5.41) is 8.64. The number of nitrogens with zero attached hydrogens (tertiary/aromatic N) is 1. The van der Waals surface area contributed by atoms with Crippen LogP contribution in [0.1, 0.15) is 44.9 Å². The van der Waals surface area contributed by atoms with E-state index in [4.69, 9.17) is 5.11 Å². The van der Waals surface area contributed by atoms with Crippen molar-refractivity contribution in [3.8, 4) is 0 Å². The number of aliphatic hydroxyl groups is 1. The maximum atomic E-state index is 10.8. The molecule has 3 heteroatoms. The summed E-state index contributed by atoms with van der Waals surface area (Å²) in [6, 6.07) is 0.177. The van der Waals surface area contributed by atoms with Crippen molar-refractivity contribution in [2.45, 2.75) is 51.0 Å². The molecule has 3 nitrogen and oxygen atoms in total. The number of unbranched alkanes of at least 4 members (excludes halogenated alkanes) is 3. The van der Waals surface area contributed by atoms with Crippen LogP contribution in [-0.2, 0) is 4.79 Å². The molecule has 0 spiro atoms. The predicted octanol–water partition coefficient (Wildman–Crippen LogP) is 1.59. The number of hydrogen-bond donors (Lipinski definition) is 1. The van der Waals surface area contributed by atoms with Crippen LogP contribution in [0, 0.1) is 0 Å². The van der Waals surface area contributed by atoms with Gasteiger partial charge in [0.15, 0.2) is 0 Å². The van der Waals surface area contributed by atoms with Crippen LogP contribution in [0.15, 0.2) is 0 Å². The Kier molecular flexibility index (Phi) is 6.60. The number of likely N-dealkylation sites (tertiary alicyclic amines) is 1. The highest BCUT2D eigenvalue weighted by molar-refractivity contribution is 5.57. The summed E-state index contributed by atoms with van der Waals surface area (Å²) in [6.07, 6.45) is 8.93. The maximum absolute atomic E-state index is 10.8. The van der Waals surface area contributed by atoms with Crippen molar-refractivity contribution in [3.05, 3.63) is 0 Å². The molecule has 0 aromatic rings. The van der Waals surface area contributed by atoms with Crippen molar-refractivity contribution in [3.63, 3.8) is 0 Å². The molecular formula is C12H23NO2. The van der Waals surface area contributed by atoms with E-state index in [1.165, 1.54) is 19.3 Å². The van der Waals surface area contributed by atoms with Gasteiger partial charge in [-0.1, -0.05) is 19.3 Å². The third-order valence-corrected chi connectivity index (χ3v) is 3.17. The van der Waals surface area contributed by atoms with E-state index < -0.39 is 0 Å². The summed E-state index contributed by atoms with van der Waals surface area (Å²) in [5.74, 6) is 0. The number of rotatable bonds is 7. The molecule has 0 aliphatic carbocycles. The Balaban J connectivity index is 2.09. The second-order valence-electron chi connectivity index (χ2n) is 4.37. The quantitative estimate of drug-likeness (QED) is 0.516. The Morgan fingerprint density at radius 3 is 2.73 bits per heavy atom. The van der Waals surface area contributed by atoms with Gasteiger partial charge in [0, 0.05) is 6.61 Å². The summed E-state index contributed by atoms with van der Waals surface area (Å²) in [6.45, 7) is 2.44. The van der Waals surface area contributed by atoms with Gasteiger partial charge >= 0.3 is 0 Å². The Hall–Kier alpha value is -0.410. The van der Waals surface area contributed by atoms with E-state index in [-0.39, 0.29) is 6.04 Å². The van der Waals surface area contributed by atoms with E-state index in [1.807, 2.05) is 0 Å². The van der Waals surface area contributed by atoms with Crippen molar-refractivity contribution in [2.75, 3.05) is 19.7 Å². The van der Waals surface area contributed by atoms with Gasteiger partial charge in [-0.3, -0.25) is 4.90 Å². The van der Waals surface area contributed by atoms with Gasteiger partial charge in [-0.15, -0.1) is 0 Å². The minimum Gasteiger partial charge on any atom is -0.396 e. The second-order valence-corrected chi connectivity index (χ2v) is 4.37. The Bertz CT molecular complexity index is 173. The van der Waals surface area contributed by atoms with E-state index in [0.717, 1.165) is 45.1 Å². The normalized spacial score (nSPS) is 22.9. The number of aliphatic hydroxyl groups excluding tert-OH is 1. The molecule has 88 valence electrons. The summed E-state index contributed by atoms with van der Waals surface area (Å²) in [7, 11) is 0. The van der Waals surface area contributed by atoms with E-state index >= 15 is 0 Å². The van der Waals surface area contributed by atoms with E-state index in [1.54, 1.807) is 0 Å². The molecule has 1 fully saturated rings. The first kappa shape index (κ1) is 12.7. The number of carbonyl (C=O) groups is 1. The molecule has 1 heterocycles. The minimum absolute atomic E-state index is 0.177. The zero-order valence-electron chi connectivity index (χ0n) is 9.53. The van der Waals surface area contributed by atoms with Gasteiger partial charge in [-0.25, -0.2) is 0 Å². The summed E-state index contributed by atoms with van der Waals surface area (Å²) < 4.78 is 0. The van der Waals surface area contributed by atoms with Crippen LogP contribution in [0.2, 0.25) is 0 Å². The molecular weight excluding hydrogens is 190 g/mol. The van der Waals surface area contributed by atoms with Crippen LogP contribution in [-0.4, -0.2) is 42.0 Å². The highest BCUT2D eigenvalue weighted by Crippen LogP contribution is 2.16. The number of aldehydes is 1. The molecule has 1 aliphatic heterocycles. The van der Waals surface area contributed by atoms with Crippen LogP contribution >= 0.6 is 0 Å². The summed E-state index contributed by atoms with van der Waals surface area (Å²) in [4.78, 5) is 13.1. The molecule has 1 unspecified atom stereocenters. The van der Waals surface area contributed by atoms with Gasteiger partial charge in [0.25, 0.3) is 0 Å². The molecule has 0 saturated carbocycles. The summed E-state index contributed by atoms with van der Waals surface area (Å²) in [5.41, 5.74) is 0. The number of piperidine rings is 1. The van der Waals surface area contributed by atoms with Gasteiger partial charge in [0.2, 0.25) is 0 Å². The fourth-order valence-electron chi connectivity index (χ4n) is 2.23. The molecule has 15 heavy (non-hydrogen) atoms. The van der Waals surface area contributed by atoms with Gasteiger partial charge in [-0.05, 0) is 38.8 Å². The first-order valence-corrected chi connectivity index (χ1v) is 6.18. The largest absolute Gasteiger partial charge is 0.396 e. The summed E-state index contributed by atoms with van der Waals surface area (Å²) >= 11 is 0. The molecule has 0 bridgehead atoms. The zero-order chi connectivity index (χ0) is 10.9. The lowest BCUT2D eigenvalue weighted by Crippen LogP contribution is -2.40. The van der Waals surface area contributed by atoms with Gasteiger partial charge in [0.05, 0.1) is 6.04 Å². The van der Waals surface area contributed by atoms with Gasteiger partial charge in [0.1, 0.15) is 6.29 Å². The molecule has 1 rings (SSSR count). The average molecular weight is 213 g/mol. The first-order chi connectivity index (χ1) is 7.38. The van der Waals surface area contributed by atoms with Crippen molar-refractivity contribution in [2.24, 2.45) is 0 Å². The fraction of sp³-hybridized carbons (Fsp3) is 0.917. The van der Waals surface area contributed by atoms with Gasteiger partial charge < -0.3 is 9.90 Å². The topological polar surface area (TPSA) is 40.5 Å². The molecule has 1 aliphatic rings. The molecule has 0 aromatic carbocycles. The van der Waals surface area contributed by atoms with Crippen LogP contribution in [0.4, 0.5) is 0 Å². The Morgan fingerprint density at radius 1 is 1.20 bits per heavy atom. The lowest BCUT2D eigenvalue weighted by molar-refractivity contribution is -0.113. The number of hydrogen-bond acceptors (Lipinski definition) is 3. The van der Waals surface area contributed by atoms with E-state index in [9.17, 15) is 4.79 Å². The van der Waals surface area contributed by atoms with E-state index in [2.05, 4.69) is 4.90 Å². The highest BCUT2D eigenvalue weighted by atomic mass is 16.2. The van der Waals surface area contributed by atoms with Crippen molar-refractivity contribution in [1.29, 1.82) is 0 Å². The van der Waals surface area contributed by atoms with Gasteiger partial charge in [-0.2, -0.15) is 0 Å². The van der Waals surface area contributed by atoms with Crippen LogP contribution < -0.4 is 0 Å². The third-order valence-electron chi connectivity index (χ3n) is 3.17. The highest BCUT2D eigenvalue weighted by Gasteiger charge is 2.20. The van der Waals surface area contributed by atoms with Crippen molar-refractivity contribution < 1.29 is 9.90 Å². The maximum Gasteiger partial charge on any atom is 0.137 e. The van der Waals surface area contributed by atoms with Crippen LogP contribution in [0.5, 0.6) is 0 Å². The standard InChI is InChI=1S/C12H23NO2/c14-10-6-2-1-4-8-13-9-5-3-7-12(13)11-15/h11-12,14H,1-10H2. The second kappa shape index (κ2) is 7.83. The van der Waals surface area contributed by atoms with Crippen LogP contribution in [0.3, 0.4) is 0 Å². The smallest absolute Gasteiger partial charge is 0.137 e. The Labute approximate surface area is 92.5 Å². The van der Waals surface area contributed by atoms with Crippen molar-refractivity contribution >= 4 is 6.29 Å². The van der Waals surface area contributed by atoms with Crippen molar-refractivity contribution in [1.82, 2.24) is 4.90 Å². The number of carbonyl (C=O) groups excluding carboxylic acids is 1. The molecule has 1 N–H and O–H groups in total. The minimum atomic E-state index is 0.177. The lowest BCUT2D eigenvalue weighted by atomic mass is 10.0. The average Bonchev–Trinajstić information content (AvgIpc) is 2.29. The third kappa shape index (κ3) is 4.76. The van der Waals surface area contributed by atoms with E-state index in [0.29, 0.717) is 6.61 Å². The molecule has 0 radical (unpaired) electrons. The monoisotopic (exact) mass is 213 g/mol. The lowest BCUT2D eigenvalue weighted by Gasteiger charge is -2.32. The van der Waals surface area contributed by atoms with Crippen LogP contribution in [0.25, 0.3) is 0 Å². The SMILES string of the molecule is O=CC1CCCCN1CCCCCCO.